The molecule has 5 rings (SSSR count). The van der Waals surface area contributed by atoms with Crippen molar-refractivity contribution in [2.24, 2.45) is 0 Å². The molecular formula is C27H30N2O8. The van der Waals surface area contributed by atoms with Gasteiger partial charge in [-0.15, -0.1) is 0 Å². The summed E-state index contributed by atoms with van der Waals surface area (Å²) in [7, 11) is 3.06. The molecule has 10 nitrogen and oxygen atoms in total. The number of benzene rings is 2. The molecule has 10 heteroatoms. The van der Waals surface area contributed by atoms with E-state index in [0.29, 0.717) is 73.6 Å². The molecule has 1 N–H and O–H groups in total. The van der Waals surface area contributed by atoms with E-state index in [1.807, 2.05) is 0 Å². The van der Waals surface area contributed by atoms with Crippen LogP contribution < -0.4 is 18.9 Å². The highest BCUT2D eigenvalue weighted by Gasteiger charge is 2.46. The number of hydrogen-bond acceptors (Lipinski definition) is 9. The van der Waals surface area contributed by atoms with Crippen LogP contribution in [-0.2, 0) is 14.3 Å². The minimum Gasteiger partial charge on any atom is -0.507 e. The molecule has 3 aliphatic rings. The van der Waals surface area contributed by atoms with Crippen LogP contribution in [0.5, 0.6) is 23.0 Å². The summed E-state index contributed by atoms with van der Waals surface area (Å²) in [4.78, 5) is 30.4. The number of fused-ring (bicyclic) bond motifs is 1. The Bertz CT molecular complexity index is 1220. The Balaban J connectivity index is 1.57. The van der Waals surface area contributed by atoms with Crippen LogP contribution in [0.3, 0.4) is 0 Å². The summed E-state index contributed by atoms with van der Waals surface area (Å²) < 4.78 is 27.5. The Kier molecular flexibility index (Phi) is 7.20. The second-order valence-corrected chi connectivity index (χ2v) is 8.92. The molecule has 0 bridgehead atoms. The second kappa shape index (κ2) is 10.7. The highest BCUT2D eigenvalue weighted by molar-refractivity contribution is 6.46. The average Bonchev–Trinajstić information content (AvgIpc) is 3.20. The number of likely N-dealkylation sites (tertiary alicyclic amines) is 1. The Hall–Kier alpha value is -3.76. The van der Waals surface area contributed by atoms with Gasteiger partial charge >= 0.3 is 0 Å². The number of Topliss-reactive ketones (excluding diaryl/α,β-unsaturated/α-hetero) is 1. The third kappa shape index (κ3) is 4.82. The molecule has 196 valence electrons. The molecule has 0 aliphatic carbocycles. The quantitative estimate of drug-likeness (QED) is 0.341. The predicted molar refractivity (Wildman–Crippen MR) is 133 cm³/mol. The van der Waals surface area contributed by atoms with Crippen LogP contribution >= 0.6 is 0 Å². The number of ether oxygens (including phenoxy) is 5. The van der Waals surface area contributed by atoms with Gasteiger partial charge in [-0.3, -0.25) is 14.5 Å². The van der Waals surface area contributed by atoms with Crippen molar-refractivity contribution in [3.63, 3.8) is 0 Å². The number of morpholine rings is 1. The smallest absolute Gasteiger partial charge is 0.295 e. The van der Waals surface area contributed by atoms with E-state index in [1.165, 1.54) is 19.1 Å². The zero-order valence-corrected chi connectivity index (χ0v) is 20.9. The maximum absolute atomic E-state index is 13.4. The fraction of sp³-hybridized carbons (Fsp3) is 0.407. The first kappa shape index (κ1) is 24.9. The van der Waals surface area contributed by atoms with Crippen molar-refractivity contribution in [2.75, 3.05) is 66.8 Å². The number of rotatable bonds is 7. The summed E-state index contributed by atoms with van der Waals surface area (Å²) in [6, 6.07) is 9.37. The zero-order chi connectivity index (χ0) is 25.9. The van der Waals surface area contributed by atoms with Gasteiger partial charge in [-0.2, -0.15) is 0 Å². The molecule has 2 aromatic carbocycles. The minimum atomic E-state index is -0.811. The van der Waals surface area contributed by atoms with Crippen LogP contribution in [0.2, 0.25) is 0 Å². The summed E-state index contributed by atoms with van der Waals surface area (Å²) in [6.45, 7) is 4.46. The molecular weight excluding hydrogens is 480 g/mol. The van der Waals surface area contributed by atoms with E-state index < -0.39 is 17.7 Å². The summed E-state index contributed by atoms with van der Waals surface area (Å²) in [5, 5.41) is 11.4. The van der Waals surface area contributed by atoms with Crippen molar-refractivity contribution in [3.05, 3.63) is 53.1 Å². The number of methoxy groups -OCH3 is 2. The molecule has 2 saturated heterocycles. The predicted octanol–water partition coefficient (Wildman–Crippen LogP) is 2.23. The molecule has 2 aromatic rings. The van der Waals surface area contributed by atoms with Crippen LogP contribution in [0, 0.1) is 0 Å². The van der Waals surface area contributed by atoms with E-state index in [2.05, 4.69) is 4.90 Å². The SMILES string of the molecule is COc1ccc(C2C(=C(O)c3ccc4c(c3)OCCO4)C(=O)C(=O)N2CCN2CCOCC2)cc1OC. The topological polar surface area (TPSA) is 107 Å². The van der Waals surface area contributed by atoms with Crippen LogP contribution in [-0.4, -0.2) is 93.4 Å². The Morgan fingerprint density at radius 2 is 1.65 bits per heavy atom. The highest BCUT2D eigenvalue weighted by atomic mass is 16.6. The van der Waals surface area contributed by atoms with Crippen molar-refractivity contribution < 1.29 is 38.4 Å². The monoisotopic (exact) mass is 510 g/mol. The molecule has 1 amide bonds. The van der Waals surface area contributed by atoms with E-state index in [9.17, 15) is 14.7 Å². The van der Waals surface area contributed by atoms with Gasteiger partial charge < -0.3 is 33.7 Å². The van der Waals surface area contributed by atoms with Crippen molar-refractivity contribution in [2.45, 2.75) is 6.04 Å². The van der Waals surface area contributed by atoms with Gasteiger partial charge in [0.05, 0.1) is 39.0 Å². The summed E-state index contributed by atoms with van der Waals surface area (Å²) >= 11 is 0. The van der Waals surface area contributed by atoms with Gasteiger partial charge in [-0.25, -0.2) is 0 Å². The fourth-order valence-electron chi connectivity index (χ4n) is 4.90. The van der Waals surface area contributed by atoms with Gasteiger partial charge in [-0.05, 0) is 35.9 Å². The first-order valence-electron chi connectivity index (χ1n) is 12.2. The first-order chi connectivity index (χ1) is 18.0. The van der Waals surface area contributed by atoms with Crippen molar-refractivity contribution in [1.29, 1.82) is 0 Å². The molecule has 0 saturated carbocycles. The highest BCUT2D eigenvalue weighted by Crippen LogP contribution is 2.43. The van der Waals surface area contributed by atoms with Crippen molar-refractivity contribution in [3.8, 4) is 23.0 Å². The van der Waals surface area contributed by atoms with Gasteiger partial charge in [0.25, 0.3) is 11.7 Å². The molecule has 37 heavy (non-hydrogen) atoms. The third-order valence-corrected chi connectivity index (χ3v) is 6.84. The van der Waals surface area contributed by atoms with Crippen LogP contribution in [0.15, 0.2) is 42.0 Å². The zero-order valence-electron chi connectivity index (χ0n) is 20.9. The minimum absolute atomic E-state index is 0.0101. The molecule has 0 aromatic heterocycles. The number of carbonyl (C=O) groups is 2. The second-order valence-electron chi connectivity index (χ2n) is 8.92. The van der Waals surface area contributed by atoms with Crippen LogP contribution in [0.25, 0.3) is 5.76 Å². The average molecular weight is 511 g/mol. The van der Waals surface area contributed by atoms with Crippen LogP contribution in [0.4, 0.5) is 0 Å². The Labute approximate surface area is 214 Å². The molecule has 3 aliphatic heterocycles. The maximum atomic E-state index is 13.4. The number of amides is 1. The van der Waals surface area contributed by atoms with Gasteiger partial charge in [-0.1, -0.05) is 6.07 Å². The summed E-state index contributed by atoms with van der Waals surface area (Å²) in [5.74, 6) is 0.330. The van der Waals surface area contributed by atoms with Gasteiger partial charge in [0.15, 0.2) is 23.0 Å². The van der Waals surface area contributed by atoms with Gasteiger partial charge in [0.1, 0.15) is 19.0 Å². The number of aliphatic hydroxyl groups is 1. The van der Waals surface area contributed by atoms with Gasteiger partial charge in [0.2, 0.25) is 0 Å². The standard InChI is InChI=1S/C27H30N2O8/c1-33-19-5-3-17(15-21(19)34-2)24-23(25(30)18-4-6-20-22(16-18)37-14-13-36-20)26(31)27(32)29(24)8-7-28-9-11-35-12-10-28/h3-6,15-16,24,30H,7-14H2,1-2H3. The van der Waals surface area contributed by atoms with E-state index in [-0.39, 0.29) is 11.3 Å². The van der Waals surface area contributed by atoms with E-state index in [4.69, 9.17) is 23.7 Å². The summed E-state index contributed by atoms with van der Waals surface area (Å²) in [5.41, 5.74) is 0.995. The lowest BCUT2D eigenvalue weighted by Crippen LogP contribution is -2.42. The lowest BCUT2D eigenvalue weighted by molar-refractivity contribution is -0.140. The number of ketones is 1. The molecule has 3 heterocycles. The molecule has 1 atom stereocenters. The largest absolute Gasteiger partial charge is 0.507 e. The van der Waals surface area contributed by atoms with Crippen LogP contribution in [0.1, 0.15) is 17.2 Å². The third-order valence-electron chi connectivity index (χ3n) is 6.84. The van der Waals surface area contributed by atoms with Crippen molar-refractivity contribution in [1.82, 2.24) is 9.80 Å². The molecule has 1 unspecified atom stereocenters. The lowest BCUT2D eigenvalue weighted by Gasteiger charge is -2.31. The first-order valence-corrected chi connectivity index (χ1v) is 12.2. The normalized spacial score (nSPS) is 21.2. The van der Waals surface area contributed by atoms with Gasteiger partial charge in [0, 0.05) is 31.7 Å². The van der Waals surface area contributed by atoms with E-state index in [1.54, 1.807) is 36.4 Å². The number of aliphatic hydroxyl groups excluding tert-OH is 1. The number of nitrogens with zero attached hydrogens (tertiary/aromatic N) is 2. The number of hydrogen-bond donors (Lipinski definition) is 1. The number of carbonyl (C=O) groups excluding carboxylic acids is 2. The lowest BCUT2D eigenvalue weighted by atomic mass is 9.94. The Morgan fingerprint density at radius 3 is 2.38 bits per heavy atom. The van der Waals surface area contributed by atoms with E-state index >= 15 is 0 Å². The van der Waals surface area contributed by atoms with E-state index in [0.717, 1.165) is 13.1 Å². The summed E-state index contributed by atoms with van der Waals surface area (Å²) in [6.07, 6.45) is 0. The Morgan fingerprint density at radius 1 is 0.919 bits per heavy atom. The molecule has 0 spiro atoms. The molecule has 0 radical (unpaired) electrons. The maximum Gasteiger partial charge on any atom is 0.295 e. The molecule has 2 fully saturated rings. The fourth-order valence-corrected chi connectivity index (χ4v) is 4.90. The van der Waals surface area contributed by atoms with Crippen molar-refractivity contribution >= 4 is 17.4 Å².